The summed E-state index contributed by atoms with van der Waals surface area (Å²) in [6.07, 6.45) is 0.0200. The summed E-state index contributed by atoms with van der Waals surface area (Å²) in [5.41, 5.74) is -0.607. The molecule has 0 atom stereocenters. The van der Waals surface area contributed by atoms with Gasteiger partial charge in [0.25, 0.3) is 5.76 Å². The maximum Gasteiger partial charge on any atom is 0.453 e. The van der Waals surface area contributed by atoms with Crippen LogP contribution < -0.4 is 0 Å². The lowest BCUT2D eigenvalue weighted by atomic mass is 10.00. The van der Waals surface area contributed by atoms with Crippen molar-refractivity contribution in [3.8, 4) is 22.6 Å². The van der Waals surface area contributed by atoms with Crippen molar-refractivity contribution < 1.29 is 26.9 Å². The van der Waals surface area contributed by atoms with Crippen LogP contribution in [0.4, 0.5) is 17.6 Å². The standard InChI is InChI=1S/C20H10F4N4O2/c21-14-5-3-11(4-6-14)19-26-9-13(10-27-19)16-15(18(30-28-16)20(22,23)24)17(29)12-2-1-7-25-8-12/h1-10H. The lowest BCUT2D eigenvalue weighted by Gasteiger charge is -2.06. The first-order chi connectivity index (χ1) is 14.3. The molecule has 3 aromatic heterocycles. The van der Waals surface area contributed by atoms with Crippen molar-refractivity contribution in [3.63, 3.8) is 0 Å². The second kappa shape index (κ2) is 7.47. The number of rotatable bonds is 4. The molecule has 6 nitrogen and oxygen atoms in total. The highest BCUT2D eigenvalue weighted by Gasteiger charge is 2.43. The van der Waals surface area contributed by atoms with Gasteiger partial charge in [0.1, 0.15) is 17.1 Å². The van der Waals surface area contributed by atoms with Gasteiger partial charge in [-0.15, -0.1) is 0 Å². The number of alkyl halides is 3. The minimum Gasteiger partial charge on any atom is -0.350 e. The second-order valence-electron chi connectivity index (χ2n) is 6.11. The Kier molecular flexibility index (Phi) is 4.82. The predicted octanol–water partition coefficient (Wildman–Crippen LogP) is 4.58. The lowest BCUT2D eigenvalue weighted by molar-refractivity contribution is -0.155. The van der Waals surface area contributed by atoms with Crippen LogP contribution >= 0.6 is 0 Å². The predicted molar refractivity (Wildman–Crippen MR) is 95.6 cm³/mol. The smallest absolute Gasteiger partial charge is 0.350 e. The molecule has 10 heteroatoms. The van der Waals surface area contributed by atoms with E-state index >= 15 is 0 Å². The Balaban J connectivity index is 1.78. The first kappa shape index (κ1) is 19.4. The van der Waals surface area contributed by atoms with Crippen molar-refractivity contribution in [3.05, 3.63) is 83.9 Å². The van der Waals surface area contributed by atoms with Crippen molar-refractivity contribution in [2.24, 2.45) is 0 Å². The van der Waals surface area contributed by atoms with Crippen LogP contribution in [0.1, 0.15) is 21.7 Å². The SMILES string of the molecule is O=C(c1cccnc1)c1c(-c2cnc(-c3ccc(F)cc3)nc2)noc1C(F)(F)F. The lowest BCUT2D eigenvalue weighted by Crippen LogP contribution is -2.12. The monoisotopic (exact) mass is 414 g/mol. The third-order valence-corrected chi connectivity index (χ3v) is 4.13. The summed E-state index contributed by atoms with van der Waals surface area (Å²) in [7, 11) is 0. The molecule has 0 spiro atoms. The summed E-state index contributed by atoms with van der Waals surface area (Å²) in [6.45, 7) is 0. The highest BCUT2D eigenvalue weighted by molar-refractivity contribution is 6.12. The molecule has 0 fully saturated rings. The Bertz CT molecular complexity index is 1190. The summed E-state index contributed by atoms with van der Waals surface area (Å²) in [6, 6.07) is 8.13. The Morgan fingerprint density at radius 2 is 1.63 bits per heavy atom. The van der Waals surface area contributed by atoms with Gasteiger partial charge in [-0.3, -0.25) is 9.78 Å². The molecule has 0 saturated heterocycles. The van der Waals surface area contributed by atoms with E-state index in [1.165, 1.54) is 55.0 Å². The Morgan fingerprint density at radius 1 is 0.933 bits per heavy atom. The Hall–Kier alpha value is -3.95. The summed E-state index contributed by atoms with van der Waals surface area (Å²) in [5.74, 6) is -2.68. The highest BCUT2D eigenvalue weighted by Crippen LogP contribution is 2.37. The van der Waals surface area contributed by atoms with Crippen molar-refractivity contribution in [1.82, 2.24) is 20.1 Å². The minimum atomic E-state index is -4.94. The van der Waals surface area contributed by atoms with Gasteiger partial charge < -0.3 is 4.52 Å². The van der Waals surface area contributed by atoms with Crippen molar-refractivity contribution in [1.29, 1.82) is 0 Å². The van der Waals surface area contributed by atoms with Crippen LogP contribution in [-0.2, 0) is 6.18 Å². The van der Waals surface area contributed by atoms with Crippen LogP contribution in [0.25, 0.3) is 22.6 Å². The number of aromatic nitrogens is 4. The molecule has 4 rings (SSSR count). The third kappa shape index (κ3) is 3.66. The number of halogens is 4. The molecule has 0 saturated carbocycles. The quantitative estimate of drug-likeness (QED) is 0.359. The average molecular weight is 414 g/mol. The summed E-state index contributed by atoms with van der Waals surface area (Å²) >= 11 is 0. The van der Waals surface area contributed by atoms with Crippen molar-refractivity contribution >= 4 is 5.78 Å². The van der Waals surface area contributed by atoms with Crippen LogP contribution in [0, 0.1) is 5.82 Å². The Morgan fingerprint density at radius 3 is 2.23 bits per heavy atom. The van der Waals surface area contributed by atoms with Crippen LogP contribution in [0.15, 0.2) is 65.7 Å². The molecule has 150 valence electrons. The van der Waals surface area contributed by atoms with Crippen LogP contribution in [0.5, 0.6) is 0 Å². The van der Waals surface area contributed by atoms with Gasteiger partial charge in [0, 0.05) is 41.5 Å². The molecule has 0 N–H and O–H groups in total. The molecule has 0 aliphatic carbocycles. The zero-order valence-corrected chi connectivity index (χ0v) is 14.9. The maximum absolute atomic E-state index is 13.4. The van der Waals surface area contributed by atoms with E-state index in [0.29, 0.717) is 5.56 Å². The number of ketones is 1. The molecule has 0 bridgehead atoms. The second-order valence-corrected chi connectivity index (χ2v) is 6.11. The fraction of sp³-hybridized carbons (Fsp3) is 0.0500. The zero-order chi connectivity index (χ0) is 21.3. The highest BCUT2D eigenvalue weighted by atomic mass is 19.4. The van der Waals surface area contributed by atoms with E-state index in [2.05, 4.69) is 24.6 Å². The zero-order valence-electron chi connectivity index (χ0n) is 14.9. The molecule has 4 aromatic rings. The topological polar surface area (TPSA) is 81.8 Å². The first-order valence-electron chi connectivity index (χ1n) is 8.44. The number of nitrogens with zero attached hydrogens (tertiary/aromatic N) is 4. The third-order valence-electron chi connectivity index (χ3n) is 4.13. The van der Waals surface area contributed by atoms with Gasteiger partial charge in [0.05, 0.1) is 0 Å². The Labute approximate surface area is 166 Å². The van der Waals surface area contributed by atoms with Crippen LogP contribution in [0.2, 0.25) is 0 Å². The van der Waals surface area contributed by atoms with E-state index in [4.69, 9.17) is 0 Å². The van der Waals surface area contributed by atoms with E-state index in [-0.39, 0.29) is 22.6 Å². The number of pyridine rings is 1. The largest absolute Gasteiger partial charge is 0.453 e. The van der Waals surface area contributed by atoms with E-state index in [1.54, 1.807) is 0 Å². The van der Waals surface area contributed by atoms with Crippen molar-refractivity contribution in [2.75, 3.05) is 0 Å². The first-order valence-corrected chi connectivity index (χ1v) is 8.44. The number of hydrogen-bond acceptors (Lipinski definition) is 6. The van der Waals surface area contributed by atoms with Crippen LogP contribution in [-0.4, -0.2) is 25.9 Å². The molecular formula is C20H10F4N4O2. The molecule has 3 heterocycles. The van der Waals surface area contributed by atoms with Gasteiger partial charge in [-0.1, -0.05) is 5.16 Å². The van der Waals surface area contributed by atoms with Gasteiger partial charge >= 0.3 is 6.18 Å². The van der Waals surface area contributed by atoms with E-state index in [0.717, 1.165) is 6.20 Å². The van der Waals surface area contributed by atoms with Gasteiger partial charge in [0.2, 0.25) is 5.78 Å². The van der Waals surface area contributed by atoms with Gasteiger partial charge in [-0.2, -0.15) is 13.2 Å². The van der Waals surface area contributed by atoms with Crippen molar-refractivity contribution in [2.45, 2.75) is 6.18 Å². The van der Waals surface area contributed by atoms with E-state index in [1.807, 2.05) is 0 Å². The maximum atomic E-state index is 13.4. The minimum absolute atomic E-state index is 0.0485. The molecule has 0 aliphatic heterocycles. The average Bonchev–Trinajstić information content (AvgIpc) is 3.20. The molecular weight excluding hydrogens is 404 g/mol. The summed E-state index contributed by atoms with van der Waals surface area (Å²) in [5, 5.41) is 3.45. The number of benzene rings is 1. The molecule has 1 aromatic carbocycles. The number of carbonyl (C=O) groups excluding carboxylic acids is 1. The number of hydrogen-bond donors (Lipinski definition) is 0. The summed E-state index contributed by atoms with van der Waals surface area (Å²) in [4.78, 5) is 24.7. The van der Waals surface area contributed by atoms with E-state index < -0.39 is 29.1 Å². The molecule has 0 unspecified atom stereocenters. The molecule has 0 amide bonds. The molecule has 0 aliphatic rings. The summed E-state index contributed by atoms with van der Waals surface area (Å²) < 4.78 is 57.8. The van der Waals surface area contributed by atoms with Gasteiger partial charge in [-0.25, -0.2) is 14.4 Å². The molecule has 0 radical (unpaired) electrons. The van der Waals surface area contributed by atoms with Crippen LogP contribution in [0.3, 0.4) is 0 Å². The molecule has 30 heavy (non-hydrogen) atoms. The van der Waals surface area contributed by atoms with E-state index in [9.17, 15) is 22.4 Å². The van der Waals surface area contributed by atoms with Gasteiger partial charge in [-0.05, 0) is 36.4 Å². The fourth-order valence-corrected chi connectivity index (χ4v) is 2.73. The number of carbonyl (C=O) groups is 1. The van der Waals surface area contributed by atoms with Gasteiger partial charge in [0.15, 0.2) is 5.82 Å². The fourth-order valence-electron chi connectivity index (χ4n) is 2.73. The normalized spacial score (nSPS) is 11.5.